The minimum absolute atomic E-state index is 0.137. The highest BCUT2D eigenvalue weighted by Gasteiger charge is 2.22. The van der Waals surface area contributed by atoms with Crippen LogP contribution < -0.4 is 21.2 Å². The van der Waals surface area contributed by atoms with Gasteiger partial charge < -0.3 is 0 Å². The van der Waals surface area contributed by atoms with Crippen molar-refractivity contribution in [1.82, 2.24) is 0 Å². The molecule has 3 aromatic carbocycles. The largest absolute Gasteiger partial charge is 0.0616 e. The highest BCUT2D eigenvalue weighted by Crippen LogP contribution is 2.32. The molecule has 0 N–H and O–H groups in total. The van der Waals surface area contributed by atoms with Crippen LogP contribution >= 0.6 is 17.2 Å². The second kappa shape index (κ2) is 10.4. The Balaban J connectivity index is 2.04. The first-order valence-corrected chi connectivity index (χ1v) is 15.3. The quantitative estimate of drug-likeness (QED) is 0.306. The summed E-state index contributed by atoms with van der Waals surface area (Å²) in [4.78, 5) is 0. The molecule has 0 fully saturated rings. The predicted molar refractivity (Wildman–Crippen MR) is 169 cm³/mol. The summed E-state index contributed by atoms with van der Waals surface area (Å²) in [5, 5.41) is 5.84. The minimum Gasteiger partial charge on any atom is -0.0616 e. The van der Waals surface area contributed by atoms with Crippen LogP contribution in [0.5, 0.6) is 0 Å². The van der Waals surface area contributed by atoms with Crippen LogP contribution in [0.15, 0.2) is 60.7 Å². The van der Waals surface area contributed by atoms with Crippen molar-refractivity contribution in [3.8, 4) is 0 Å². The van der Waals surface area contributed by atoms with E-state index in [-0.39, 0.29) is 21.7 Å². The molecule has 2 heteroatoms. The third-order valence-corrected chi connectivity index (χ3v) is 9.63. The molecule has 0 saturated heterocycles. The lowest BCUT2D eigenvalue weighted by Gasteiger charge is -2.27. The molecular weight excluding hydrogens is 470 g/mol. The average Bonchev–Trinajstić information content (AvgIpc) is 2.72. The molecule has 2 atom stereocenters. The Hall–Kier alpha value is -1.48. The van der Waals surface area contributed by atoms with Crippen molar-refractivity contribution in [3.05, 3.63) is 82.9 Å². The van der Waals surface area contributed by atoms with Crippen LogP contribution in [0.1, 0.15) is 105 Å². The minimum atomic E-state index is 0.137. The standard InChI is InChI=1S/C34H48P2/c1-31(2,3)23-17-24(32(4,5)6)20-27(19-23)35-29-15-13-14-16-30(29)36-28-21-25(33(7,8)9)18-26(22-28)34(10,11)12/h13-22,35-36H,1-12H3. The topological polar surface area (TPSA) is 0 Å². The maximum Gasteiger partial charge on any atom is -0.0132 e. The molecule has 0 nitrogen and oxygen atoms in total. The summed E-state index contributed by atoms with van der Waals surface area (Å²) < 4.78 is 0. The molecule has 0 aliphatic heterocycles. The number of hydrogen-bond acceptors (Lipinski definition) is 0. The third kappa shape index (κ3) is 7.53. The van der Waals surface area contributed by atoms with Gasteiger partial charge in [0, 0.05) is 0 Å². The highest BCUT2D eigenvalue weighted by atomic mass is 31.1. The van der Waals surface area contributed by atoms with Gasteiger partial charge >= 0.3 is 0 Å². The average molecular weight is 519 g/mol. The Kier molecular flexibility index (Phi) is 8.36. The van der Waals surface area contributed by atoms with Gasteiger partial charge in [0.1, 0.15) is 0 Å². The van der Waals surface area contributed by atoms with Gasteiger partial charge in [-0.25, -0.2) is 0 Å². The molecule has 0 amide bonds. The van der Waals surface area contributed by atoms with Crippen LogP contribution in [0.3, 0.4) is 0 Å². The second-order valence-electron chi connectivity index (χ2n) is 14.4. The van der Waals surface area contributed by atoms with E-state index in [1.54, 1.807) is 0 Å². The Morgan fingerprint density at radius 3 is 0.861 bits per heavy atom. The Bertz CT molecular complexity index is 1040. The van der Waals surface area contributed by atoms with Crippen molar-refractivity contribution < 1.29 is 0 Å². The zero-order valence-electron chi connectivity index (χ0n) is 24.8. The lowest BCUT2D eigenvalue weighted by Crippen LogP contribution is -2.24. The van der Waals surface area contributed by atoms with E-state index in [0.717, 1.165) is 0 Å². The molecule has 0 heterocycles. The van der Waals surface area contributed by atoms with Gasteiger partial charge in [-0.3, -0.25) is 0 Å². The molecule has 0 aliphatic rings. The van der Waals surface area contributed by atoms with Crippen LogP contribution in [0.2, 0.25) is 0 Å². The van der Waals surface area contributed by atoms with Gasteiger partial charge in [-0.05, 0) is 65.1 Å². The van der Waals surface area contributed by atoms with Crippen molar-refractivity contribution >= 4 is 38.4 Å². The molecule has 3 rings (SSSR count). The molecule has 0 spiro atoms. The van der Waals surface area contributed by atoms with Crippen molar-refractivity contribution in [2.75, 3.05) is 0 Å². The van der Waals surface area contributed by atoms with Gasteiger partial charge in [0.05, 0.1) is 0 Å². The van der Waals surface area contributed by atoms with E-state index in [0.29, 0.717) is 17.2 Å². The van der Waals surface area contributed by atoms with Crippen molar-refractivity contribution in [3.63, 3.8) is 0 Å². The highest BCUT2D eigenvalue weighted by molar-refractivity contribution is 7.62. The SMILES string of the molecule is CC(C)(C)c1cc(Pc2ccccc2Pc2cc(C(C)(C)C)cc(C(C)(C)C)c2)cc(C(C)(C)C)c1. The van der Waals surface area contributed by atoms with Gasteiger partial charge in [0.2, 0.25) is 0 Å². The summed E-state index contributed by atoms with van der Waals surface area (Å²) >= 11 is 0. The molecule has 2 unspecified atom stereocenters. The Morgan fingerprint density at radius 1 is 0.389 bits per heavy atom. The number of rotatable bonds is 4. The lowest BCUT2D eigenvalue weighted by atomic mass is 9.81. The van der Waals surface area contributed by atoms with Gasteiger partial charge in [-0.1, -0.05) is 161 Å². The zero-order chi connectivity index (χ0) is 27.1. The van der Waals surface area contributed by atoms with Crippen molar-refractivity contribution in [1.29, 1.82) is 0 Å². The van der Waals surface area contributed by atoms with E-state index in [1.165, 1.54) is 43.5 Å². The molecule has 194 valence electrons. The molecule has 0 saturated carbocycles. The normalized spacial score (nSPS) is 13.9. The molecular formula is C34H48P2. The Labute approximate surface area is 225 Å². The first kappa shape index (κ1) is 29.1. The predicted octanol–water partition coefficient (Wildman–Crippen LogP) is 8.14. The van der Waals surface area contributed by atoms with E-state index in [1.807, 2.05) is 0 Å². The third-order valence-electron chi connectivity index (χ3n) is 6.82. The molecule has 0 aromatic heterocycles. The van der Waals surface area contributed by atoms with Gasteiger partial charge in [0.25, 0.3) is 0 Å². The maximum atomic E-state index is 2.45. The summed E-state index contributed by atoms with van der Waals surface area (Å²) in [7, 11) is 1.32. The van der Waals surface area contributed by atoms with Gasteiger partial charge in [-0.2, -0.15) is 0 Å². The number of benzene rings is 3. The summed E-state index contributed by atoms with van der Waals surface area (Å²) in [6.07, 6.45) is 0. The zero-order valence-corrected chi connectivity index (χ0v) is 26.8. The van der Waals surface area contributed by atoms with Gasteiger partial charge in [-0.15, -0.1) is 0 Å². The smallest absolute Gasteiger partial charge is 0.0132 e. The van der Waals surface area contributed by atoms with E-state index in [2.05, 4.69) is 144 Å². The molecule has 0 bridgehead atoms. The van der Waals surface area contributed by atoms with E-state index < -0.39 is 0 Å². The van der Waals surface area contributed by atoms with Crippen LogP contribution in [0, 0.1) is 0 Å². The summed E-state index contributed by atoms with van der Waals surface area (Å²) in [6.45, 7) is 27.9. The maximum absolute atomic E-state index is 2.45. The van der Waals surface area contributed by atoms with Crippen LogP contribution in [-0.4, -0.2) is 0 Å². The summed E-state index contributed by atoms with van der Waals surface area (Å²) in [5.41, 5.74) is 6.29. The van der Waals surface area contributed by atoms with Crippen LogP contribution in [0.4, 0.5) is 0 Å². The first-order valence-electron chi connectivity index (χ1n) is 13.3. The van der Waals surface area contributed by atoms with Crippen LogP contribution in [-0.2, 0) is 21.7 Å². The van der Waals surface area contributed by atoms with Crippen molar-refractivity contribution in [2.24, 2.45) is 0 Å². The summed E-state index contributed by atoms with van der Waals surface area (Å²) in [5.74, 6) is 0. The van der Waals surface area contributed by atoms with E-state index in [4.69, 9.17) is 0 Å². The van der Waals surface area contributed by atoms with Crippen molar-refractivity contribution in [2.45, 2.75) is 105 Å². The monoisotopic (exact) mass is 518 g/mol. The molecule has 0 aliphatic carbocycles. The second-order valence-corrected chi connectivity index (χ2v) is 17.1. The number of hydrogen-bond donors (Lipinski definition) is 0. The fourth-order valence-corrected chi connectivity index (χ4v) is 6.85. The fraction of sp³-hybridized carbons (Fsp3) is 0.471. The molecule has 3 aromatic rings. The fourth-order valence-electron chi connectivity index (χ4n) is 4.14. The Morgan fingerprint density at radius 2 is 0.639 bits per heavy atom. The van der Waals surface area contributed by atoms with Crippen LogP contribution in [0.25, 0.3) is 0 Å². The van der Waals surface area contributed by atoms with E-state index in [9.17, 15) is 0 Å². The van der Waals surface area contributed by atoms with Gasteiger partial charge in [0.15, 0.2) is 0 Å². The molecule has 36 heavy (non-hydrogen) atoms. The lowest BCUT2D eigenvalue weighted by molar-refractivity contribution is 0.569. The molecule has 0 radical (unpaired) electrons. The summed E-state index contributed by atoms with van der Waals surface area (Å²) in [6, 6.07) is 23.8. The van der Waals surface area contributed by atoms with E-state index >= 15 is 0 Å². The first-order chi connectivity index (χ1) is 16.3.